The Morgan fingerprint density at radius 1 is 1.11 bits per heavy atom. The molecule has 0 radical (unpaired) electrons. The second-order valence-electron chi connectivity index (χ2n) is 5.44. The maximum atomic E-state index is 12.8. The lowest BCUT2D eigenvalue weighted by atomic mass is 10.0. The summed E-state index contributed by atoms with van der Waals surface area (Å²) in [6.07, 6.45) is 5.12. The summed E-state index contributed by atoms with van der Waals surface area (Å²) < 4.78 is 18.8. The lowest BCUT2D eigenvalue weighted by molar-refractivity contribution is 0.00872. The van der Waals surface area contributed by atoms with Crippen molar-refractivity contribution in [3.05, 3.63) is 35.4 Å². The average Bonchev–Trinajstić information content (AvgIpc) is 2.76. The number of alkyl halides is 1. The molecular weight excluding hydrogens is 229 g/mol. The van der Waals surface area contributed by atoms with Crippen molar-refractivity contribution in [3.63, 3.8) is 0 Å². The molecular formula is C15H20FNO. The van der Waals surface area contributed by atoms with E-state index in [0.29, 0.717) is 24.8 Å². The third kappa shape index (κ3) is 2.57. The van der Waals surface area contributed by atoms with Crippen LogP contribution in [0.4, 0.5) is 4.39 Å². The Labute approximate surface area is 108 Å². The summed E-state index contributed by atoms with van der Waals surface area (Å²) in [6.45, 7) is 0.140. The van der Waals surface area contributed by atoms with Gasteiger partial charge in [-0.3, -0.25) is 0 Å². The van der Waals surface area contributed by atoms with Gasteiger partial charge in [-0.05, 0) is 36.8 Å². The zero-order valence-corrected chi connectivity index (χ0v) is 10.6. The van der Waals surface area contributed by atoms with Gasteiger partial charge in [-0.2, -0.15) is 0 Å². The number of halogens is 1. The SMILES string of the molecule is FCc1ccccc1COC1CC2CCC(C1)N2. The smallest absolute Gasteiger partial charge is 0.115 e. The van der Waals surface area contributed by atoms with Crippen LogP contribution in [0.15, 0.2) is 24.3 Å². The molecule has 0 spiro atoms. The van der Waals surface area contributed by atoms with Crippen LogP contribution in [0.25, 0.3) is 0 Å². The Morgan fingerprint density at radius 2 is 1.78 bits per heavy atom. The zero-order valence-electron chi connectivity index (χ0n) is 10.6. The van der Waals surface area contributed by atoms with Gasteiger partial charge >= 0.3 is 0 Å². The van der Waals surface area contributed by atoms with Crippen molar-refractivity contribution in [3.8, 4) is 0 Å². The number of fused-ring (bicyclic) bond motifs is 2. The van der Waals surface area contributed by atoms with Crippen LogP contribution in [0.5, 0.6) is 0 Å². The van der Waals surface area contributed by atoms with E-state index in [2.05, 4.69) is 5.32 Å². The highest BCUT2D eigenvalue weighted by atomic mass is 19.1. The normalized spacial score (nSPS) is 30.6. The molecule has 0 aromatic heterocycles. The van der Waals surface area contributed by atoms with Gasteiger partial charge in [0.05, 0.1) is 12.7 Å². The molecule has 2 aliphatic rings. The van der Waals surface area contributed by atoms with Crippen LogP contribution in [0, 0.1) is 0 Å². The van der Waals surface area contributed by atoms with Gasteiger partial charge in [0.2, 0.25) is 0 Å². The van der Waals surface area contributed by atoms with E-state index in [0.717, 1.165) is 24.0 Å². The van der Waals surface area contributed by atoms with Gasteiger partial charge in [0.1, 0.15) is 6.67 Å². The highest BCUT2D eigenvalue weighted by Gasteiger charge is 2.33. The van der Waals surface area contributed by atoms with Crippen LogP contribution in [-0.4, -0.2) is 18.2 Å². The molecule has 2 bridgehead atoms. The maximum Gasteiger partial charge on any atom is 0.115 e. The Hall–Kier alpha value is -0.930. The standard InChI is InChI=1S/C15H20FNO/c16-9-11-3-1-2-4-12(11)10-18-15-7-13-5-6-14(8-15)17-13/h1-4,13-15,17H,5-10H2. The Morgan fingerprint density at radius 3 is 2.44 bits per heavy atom. The second kappa shape index (κ2) is 5.37. The molecule has 1 aromatic rings. The van der Waals surface area contributed by atoms with E-state index in [9.17, 15) is 4.39 Å². The maximum absolute atomic E-state index is 12.8. The third-order valence-electron chi connectivity index (χ3n) is 4.17. The second-order valence-corrected chi connectivity index (χ2v) is 5.44. The lowest BCUT2D eigenvalue weighted by Crippen LogP contribution is -2.41. The fourth-order valence-corrected chi connectivity index (χ4v) is 3.18. The summed E-state index contributed by atoms with van der Waals surface area (Å²) in [5.74, 6) is 0. The summed E-state index contributed by atoms with van der Waals surface area (Å²) in [6, 6.07) is 8.91. The molecule has 2 unspecified atom stereocenters. The van der Waals surface area contributed by atoms with Crippen LogP contribution in [0.2, 0.25) is 0 Å². The summed E-state index contributed by atoms with van der Waals surface area (Å²) >= 11 is 0. The molecule has 98 valence electrons. The van der Waals surface area contributed by atoms with Gasteiger partial charge in [0.25, 0.3) is 0 Å². The first-order valence-corrected chi connectivity index (χ1v) is 6.85. The molecule has 2 heterocycles. The molecule has 0 aliphatic carbocycles. The van der Waals surface area contributed by atoms with Crippen molar-refractivity contribution >= 4 is 0 Å². The average molecular weight is 249 g/mol. The van der Waals surface area contributed by atoms with E-state index in [4.69, 9.17) is 4.74 Å². The molecule has 2 aliphatic heterocycles. The first kappa shape index (κ1) is 12.1. The van der Waals surface area contributed by atoms with E-state index in [1.54, 1.807) is 0 Å². The first-order valence-electron chi connectivity index (χ1n) is 6.85. The molecule has 0 amide bonds. The molecule has 2 nitrogen and oxygen atoms in total. The van der Waals surface area contributed by atoms with Gasteiger partial charge in [0.15, 0.2) is 0 Å². The van der Waals surface area contributed by atoms with Crippen molar-refractivity contribution in [2.24, 2.45) is 0 Å². The molecule has 2 saturated heterocycles. The van der Waals surface area contributed by atoms with Gasteiger partial charge < -0.3 is 10.1 Å². The monoisotopic (exact) mass is 249 g/mol. The van der Waals surface area contributed by atoms with Crippen molar-refractivity contribution < 1.29 is 9.13 Å². The van der Waals surface area contributed by atoms with Crippen LogP contribution < -0.4 is 5.32 Å². The summed E-state index contributed by atoms with van der Waals surface area (Å²) in [5.41, 5.74) is 1.75. The summed E-state index contributed by atoms with van der Waals surface area (Å²) in [5, 5.41) is 3.60. The van der Waals surface area contributed by atoms with E-state index < -0.39 is 6.67 Å². The highest BCUT2D eigenvalue weighted by Crippen LogP contribution is 2.29. The molecule has 3 heteroatoms. The zero-order chi connectivity index (χ0) is 12.4. The predicted molar refractivity (Wildman–Crippen MR) is 69.0 cm³/mol. The topological polar surface area (TPSA) is 21.3 Å². The molecule has 18 heavy (non-hydrogen) atoms. The van der Waals surface area contributed by atoms with Crippen LogP contribution in [-0.2, 0) is 18.0 Å². The minimum absolute atomic E-state index is 0.344. The molecule has 3 rings (SSSR count). The molecule has 2 fully saturated rings. The van der Waals surface area contributed by atoms with E-state index in [1.807, 2.05) is 24.3 Å². The highest BCUT2D eigenvalue weighted by molar-refractivity contribution is 5.25. The number of benzene rings is 1. The Kier molecular flexibility index (Phi) is 3.62. The number of rotatable bonds is 4. The number of piperidine rings is 1. The minimum atomic E-state index is -0.406. The third-order valence-corrected chi connectivity index (χ3v) is 4.17. The predicted octanol–water partition coefficient (Wildman–Crippen LogP) is 2.96. The summed E-state index contributed by atoms with van der Waals surface area (Å²) in [7, 11) is 0. The van der Waals surface area contributed by atoms with Crippen molar-refractivity contribution in [2.45, 2.75) is 57.2 Å². The Bertz CT molecular complexity index is 397. The lowest BCUT2D eigenvalue weighted by Gasteiger charge is -2.29. The van der Waals surface area contributed by atoms with Gasteiger partial charge in [-0.1, -0.05) is 24.3 Å². The quantitative estimate of drug-likeness (QED) is 0.885. The molecule has 2 atom stereocenters. The van der Waals surface area contributed by atoms with Gasteiger partial charge in [-0.15, -0.1) is 0 Å². The minimum Gasteiger partial charge on any atom is -0.373 e. The van der Waals surface area contributed by atoms with Crippen LogP contribution >= 0.6 is 0 Å². The van der Waals surface area contributed by atoms with Gasteiger partial charge in [0, 0.05) is 12.1 Å². The van der Waals surface area contributed by atoms with Crippen molar-refractivity contribution in [1.82, 2.24) is 5.32 Å². The van der Waals surface area contributed by atoms with Crippen LogP contribution in [0.1, 0.15) is 36.8 Å². The van der Waals surface area contributed by atoms with Gasteiger partial charge in [-0.25, -0.2) is 4.39 Å². The first-order chi connectivity index (χ1) is 8.85. The molecule has 1 aromatic carbocycles. The van der Waals surface area contributed by atoms with Crippen molar-refractivity contribution in [2.75, 3.05) is 0 Å². The van der Waals surface area contributed by atoms with E-state index >= 15 is 0 Å². The Balaban J connectivity index is 1.58. The molecule has 0 saturated carbocycles. The number of nitrogens with one attached hydrogen (secondary N) is 1. The van der Waals surface area contributed by atoms with Crippen molar-refractivity contribution in [1.29, 1.82) is 0 Å². The number of ether oxygens (including phenoxy) is 1. The molecule has 1 N–H and O–H groups in total. The van der Waals surface area contributed by atoms with E-state index in [-0.39, 0.29) is 0 Å². The number of hydrogen-bond acceptors (Lipinski definition) is 2. The number of hydrogen-bond donors (Lipinski definition) is 1. The fraction of sp³-hybridized carbons (Fsp3) is 0.600. The fourth-order valence-electron chi connectivity index (χ4n) is 3.18. The summed E-state index contributed by atoms with van der Waals surface area (Å²) in [4.78, 5) is 0. The van der Waals surface area contributed by atoms with E-state index in [1.165, 1.54) is 12.8 Å². The van der Waals surface area contributed by atoms with Crippen LogP contribution in [0.3, 0.4) is 0 Å². The largest absolute Gasteiger partial charge is 0.373 e.